The van der Waals surface area contributed by atoms with Crippen LogP contribution in [0.25, 0.3) is 5.82 Å². The fourth-order valence-electron chi connectivity index (χ4n) is 2.59. The van der Waals surface area contributed by atoms with Crippen LogP contribution in [0.2, 0.25) is 0 Å². The Morgan fingerprint density at radius 3 is 2.74 bits per heavy atom. The summed E-state index contributed by atoms with van der Waals surface area (Å²) in [6.45, 7) is 0.178. The van der Waals surface area contributed by atoms with Gasteiger partial charge < -0.3 is 15.4 Å². The molecule has 0 bridgehead atoms. The van der Waals surface area contributed by atoms with Crippen LogP contribution in [-0.2, 0) is 17.5 Å². The molecule has 1 amide bonds. The third kappa shape index (κ3) is 4.32. The number of nitrogens with one attached hydrogen (secondary N) is 2. The molecule has 2 aromatic rings. The summed E-state index contributed by atoms with van der Waals surface area (Å²) in [5.41, 5.74) is -0.643. The van der Waals surface area contributed by atoms with Crippen LogP contribution in [0.3, 0.4) is 0 Å². The van der Waals surface area contributed by atoms with Crippen molar-refractivity contribution in [1.29, 1.82) is 0 Å². The lowest BCUT2D eigenvalue weighted by Gasteiger charge is -2.10. The first-order chi connectivity index (χ1) is 12.8. The molecule has 1 saturated heterocycles. The summed E-state index contributed by atoms with van der Waals surface area (Å²) in [5, 5.41) is 9.48. The van der Waals surface area contributed by atoms with Crippen molar-refractivity contribution in [2.24, 2.45) is 0 Å². The number of carbonyl (C=O) groups excluding carboxylic acids is 1. The number of methoxy groups -OCH3 is 1. The van der Waals surface area contributed by atoms with E-state index in [1.807, 2.05) is 0 Å². The summed E-state index contributed by atoms with van der Waals surface area (Å²) in [6, 6.07) is -0.609. The van der Waals surface area contributed by atoms with Crippen LogP contribution in [0.15, 0.2) is 18.6 Å². The Bertz CT molecular complexity index is 808. The van der Waals surface area contributed by atoms with Gasteiger partial charge in [0.1, 0.15) is 6.17 Å². The maximum atomic E-state index is 13.2. The lowest BCUT2D eigenvalue weighted by molar-refractivity contribution is -0.141. The number of aromatic nitrogens is 4. The van der Waals surface area contributed by atoms with E-state index in [9.17, 15) is 22.4 Å². The second-order valence-electron chi connectivity index (χ2n) is 5.88. The summed E-state index contributed by atoms with van der Waals surface area (Å²) in [7, 11) is 1.36. The molecule has 27 heavy (non-hydrogen) atoms. The first kappa shape index (κ1) is 19.0. The van der Waals surface area contributed by atoms with Crippen LogP contribution in [0.1, 0.15) is 17.7 Å². The number of amides is 1. The van der Waals surface area contributed by atoms with Crippen molar-refractivity contribution < 1.29 is 27.1 Å². The van der Waals surface area contributed by atoms with Crippen molar-refractivity contribution in [2.45, 2.75) is 31.4 Å². The summed E-state index contributed by atoms with van der Waals surface area (Å²) >= 11 is 0. The van der Waals surface area contributed by atoms with E-state index in [1.54, 1.807) is 0 Å². The molecule has 2 aromatic heterocycles. The Kier molecular flexibility index (Phi) is 5.26. The van der Waals surface area contributed by atoms with Crippen molar-refractivity contribution in [3.05, 3.63) is 29.8 Å². The number of hydrogen-bond donors (Lipinski definition) is 2. The predicted octanol–water partition coefficient (Wildman–Crippen LogP) is 1.01. The van der Waals surface area contributed by atoms with Gasteiger partial charge in [-0.3, -0.25) is 4.79 Å². The summed E-state index contributed by atoms with van der Waals surface area (Å²) in [5.74, 6) is -0.143. The monoisotopic (exact) mass is 388 g/mol. The molecule has 0 saturated carbocycles. The highest BCUT2D eigenvalue weighted by Gasteiger charge is 2.33. The number of ether oxygens (including phenoxy) is 1. The van der Waals surface area contributed by atoms with Gasteiger partial charge in [0.05, 0.1) is 31.1 Å². The van der Waals surface area contributed by atoms with Gasteiger partial charge in [-0.15, -0.1) is 5.10 Å². The molecular formula is C15H16F4N6O2. The maximum Gasteiger partial charge on any atom is 0.434 e. The van der Waals surface area contributed by atoms with E-state index in [2.05, 4.69) is 25.7 Å². The van der Waals surface area contributed by atoms with Gasteiger partial charge in [0.2, 0.25) is 11.8 Å². The Balaban J connectivity index is 1.70. The molecule has 3 rings (SSSR count). The van der Waals surface area contributed by atoms with Gasteiger partial charge in [0.25, 0.3) is 0 Å². The smallest absolute Gasteiger partial charge is 0.434 e. The molecule has 3 heterocycles. The molecular weight excluding hydrogens is 372 g/mol. The first-order valence-corrected chi connectivity index (χ1v) is 7.95. The van der Waals surface area contributed by atoms with Crippen molar-refractivity contribution >= 4 is 5.91 Å². The topological polar surface area (TPSA) is 94.0 Å². The maximum absolute atomic E-state index is 13.2. The molecule has 0 spiro atoms. The van der Waals surface area contributed by atoms with E-state index < -0.39 is 24.1 Å². The van der Waals surface area contributed by atoms with E-state index in [4.69, 9.17) is 4.74 Å². The second kappa shape index (κ2) is 7.47. The van der Waals surface area contributed by atoms with Crippen molar-refractivity contribution in [3.63, 3.8) is 0 Å². The van der Waals surface area contributed by atoms with Crippen molar-refractivity contribution in [1.82, 2.24) is 30.4 Å². The number of hydrogen-bond acceptors (Lipinski definition) is 6. The molecule has 1 aliphatic heterocycles. The molecule has 2 N–H and O–H groups in total. The fraction of sp³-hybridized carbons (Fsp3) is 0.467. The normalized spacial score (nSPS) is 19.9. The Morgan fingerprint density at radius 1 is 1.41 bits per heavy atom. The van der Waals surface area contributed by atoms with Crippen molar-refractivity contribution in [3.8, 4) is 11.7 Å². The highest BCUT2D eigenvalue weighted by molar-refractivity contribution is 5.82. The molecule has 0 unspecified atom stereocenters. The fourth-order valence-corrected chi connectivity index (χ4v) is 2.59. The molecule has 1 aliphatic rings. The quantitative estimate of drug-likeness (QED) is 0.743. The number of nitrogens with zero attached hydrogens (tertiary/aromatic N) is 4. The molecule has 146 valence electrons. The minimum absolute atomic E-state index is 0.0468. The van der Waals surface area contributed by atoms with Crippen LogP contribution in [-0.4, -0.2) is 51.5 Å². The Labute approximate surface area is 150 Å². The van der Waals surface area contributed by atoms with E-state index in [-0.39, 0.29) is 37.1 Å². The lowest BCUT2D eigenvalue weighted by Crippen LogP contribution is -2.40. The zero-order valence-corrected chi connectivity index (χ0v) is 14.1. The molecule has 1 fully saturated rings. The average Bonchev–Trinajstić information content (AvgIpc) is 3.25. The van der Waals surface area contributed by atoms with Crippen LogP contribution >= 0.6 is 0 Å². The molecule has 12 heteroatoms. The minimum atomic E-state index is -4.59. The van der Waals surface area contributed by atoms with E-state index in [1.165, 1.54) is 18.0 Å². The van der Waals surface area contributed by atoms with Crippen LogP contribution in [0.5, 0.6) is 5.88 Å². The zero-order chi connectivity index (χ0) is 19.6. The lowest BCUT2D eigenvalue weighted by atomic mass is 10.2. The van der Waals surface area contributed by atoms with E-state index >= 15 is 0 Å². The van der Waals surface area contributed by atoms with Gasteiger partial charge in [0.15, 0.2) is 11.5 Å². The van der Waals surface area contributed by atoms with Crippen molar-refractivity contribution in [2.75, 3.05) is 13.7 Å². The Morgan fingerprint density at radius 2 is 2.19 bits per heavy atom. The number of carbonyl (C=O) groups is 1. The summed E-state index contributed by atoms with van der Waals surface area (Å²) in [6.07, 6.45) is -2.56. The highest BCUT2D eigenvalue weighted by atomic mass is 19.4. The molecule has 2 atom stereocenters. The standard InChI is InChI=1S/C15H16F4N6O2/c1-27-14-8(3-23-13(26)10-2-9(16)4-20-10)7-25(24-14)12-6-21-11(5-22-12)15(17,18)19/h5-7,9-10,20H,2-4H2,1H3,(H,23,26)/t9-,10+/m1/s1. The summed E-state index contributed by atoms with van der Waals surface area (Å²) in [4.78, 5) is 19.1. The largest absolute Gasteiger partial charge is 0.480 e. The van der Waals surface area contributed by atoms with Crippen LogP contribution in [0.4, 0.5) is 17.6 Å². The Hall–Kier alpha value is -2.76. The van der Waals surface area contributed by atoms with Gasteiger partial charge in [-0.25, -0.2) is 19.0 Å². The van der Waals surface area contributed by atoms with E-state index in [0.29, 0.717) is 11.8 Å². The van der Waals surface area contributed by atoms with Crippen LogP contribution < -0.4 is 15.4 Å². The van der Waals surface area contributed by atoms with Gasteiger partial charge in [0, 0.05) is 25.7 Å². The molecule has 0 radical (unpaired) electrons. The molecule has 0 aromatic carbocycles. The second-order valence-corrected chi connectivity index (χ2v) is 5.88. The van der Waals surface area contributed by atoms with Gasteiger partial charge in [-0.05, 0) is 0 Å². The molecule has 0 aliphatic carbocycles. The third-order valence-electron chi connectivity index (χ3n) is 3.95. The van der Waals surface area contributed by atoms with Gasteiger partial charge in [-0.1, -0.05) is 0 Å². The molecule has 8 nitrogen and oxygen atoms in total. The predicted molar refractivity (Wildman–Crippen MR) is 83.9 cm³/mol. The SMILES string of the molecule is COc1nn(-c2cnc(C(F)(F)F)cn2)cc1CNC(=O)[C@@H]1C[C@@H](F)CN1. The van der Waals surface area contributed by atoms with Gasteiger partial charge in [-0.2, -0.15) is 13.2 Å². The third-order valence-corrected chi connectivity index (χ3v) is 3.95. The average molecular weight is 388 g/mol. The first-order valence-electron chi connectivity index (χ1n) is 7.95. The highest BCUT2D eigenvalue weighted by Crippen LogP contribution is 2.27. The number of alkyl halides is 4. The van der Waals surface area contributed by atoms with E-state index in [0.717, 1.165) is 6.20 Å². The van der Waals surface area contributed by atoms with Gasteiger partial charge >= 0.3 is 6.18 Å². The number of halogens is 4. The summed E-state index contributed by atoms with van der Waals surface area (Å²) < 4.78 is 57.1. The van der Waals surface area contributed by atoms with Crippen LogP contribution in [0, 0.1) is 0 Å². The number of rotatable bonds is 5. The minimum Gasteiger partial charge on any atom is -0.480 e. The zero-order valence-electron chi connectivity index (χ0n) is 14.1.